The van der Waals surface area contributed by atoms with E-state index in [4.69, 9.17) is 5.11 Å². The van der Waals surface area contributed by atoms with Crippen LogP contribution in [0.2, 0.25) is 0 Å². The molecule has 1 N–H and O–H groups in total. The van der Waals surface area contributed by atoms with Gasteiger partial charge in [-0.1, -0.05) is 12.1 Å². The van der Waals surface area contributed by atoms with Crippen molar-refractivity contribution in [1.82, 2.24) is 0 Å². The summed E-state index contributed by atoms with van der Waals surface area (Å²) in [7, 11) is 0. The zero-order valence-corrected chi connectivity index (χ0v) is 11.5. The summed E-state index contributed by atoms with van der Waals surface area (Å²) in [6.45, 7) is 3.65. The zero-order chi connectivity index (χ0) is 16.5. The molecule has 0 saturated carbocycles. The van der Waals surface area contributed by atoms with Crippen molar-refractivity contribution in [2.75, 3.05) is 6.61 Å². The molecule has 0 radical (unpaired) electrons. The van der Waals surface area contributed by atoms with E-state index >= 15 is 0 Å². The lowest BCUT2D eigenvalue weighted by Gasteiger charge is -2.05. The van der Waals surface area contributed by atoms with E-state index in [0.29, 0.717) is 12.2 Å². The number of hydrogen-bond acceptors (Lipinski definition) is 3. The van der Waals surface area contributed by atoms with Crippen molar-refractivity contribution in [3.63, 3.8) is 0 Å². The van der Waals surface area contributed by atoms with Gasteiger partial charge in [0.1, 0.15) is 0 Å². The van der Waals surface area contributed by atoms with Crippen LogP contribution in [0.4, 0.5) is 13.2 Å². The standard InChI is InChI=1S/C10H7F3O2.C4H8O2/c11-10(12,13)8-4-1-7(2-5-8)3-6-9(14)15;1-3-6-4(2)5/h1-6H,(H,14,15);3H2,1-2H3. The van der Waals surface area contributed by atoms with Crippen LogP contribution in [0.5, 0.6) is 0 Å². The highest BCUT2D eigenvalue weighted by molar-refractivity contribution is 5.85. The Morgan fingerprint density at radius 1 is 1.24 bits per heavy atom. The number of carbonyl (C=O) groups excluding carboxylic acids is 1. The van der Waals surface area contributed by atoms with Crippen LogP contribution in [0.25, 0.3) is 6.08 Å². The summed E-state index contributed by atoms with van der Waals surface area (Å²) >= 11 is 0. The van der Waals surface area contributed by atoms with Crippen molar-refractivity contribution < 1.29 is 32.6 Å². The van der Waals surface area contributed by atoms with Gasteiger partial charge >= 0.3 is 18.1 Å². The van der Waals surface area contributed by atoms with Crippen LogP contribution in [0, 0.1) is 0 Å². The lowest BCUT2D eigenvalue weighted by atomic mass is 10.1. The Labute approximate surface area is 119 Å². The van der Waals surface area contributed by atoms with Gasteiger partial charge in [0, 0.05) is 13.0 Å². The fourth-order valence-electron chi connectivity index (χ4n) is 1.15. The van der Waals surface area contributed by atoms with E-state index in [1.165, 1.54) is 25.1 Å². The topological polar surface area (TPSA) is 63.6 Å². The van der Waals surface area contributed by atoms with Crippen LogP contribution >= 0.6 is 0 Å². The molecular formula is C14H15F3O4. The minimum atomic E-state index is -4.37. The smallest absolute Gasteiger partial charge is 0.416 e. The molecule has 0 aliphatic carbocycles. The Bertz CT molecular complexity index is 490. The second-order valence-corrected chi connectivity index (χ2v) is 3.72. The first-order valence-corrected chi connectivity index (χ1v) is 5.88. The molecule has 0 spiro atoms. The highest BCUT2D eigenvalue weighted by atomic mass is 19.4. The number of aliphatic carboxylic acids is 1. The number of carboxylic acids is 1. The molecular weight excluding hydrogens is 289 g/mol. The van der Waals surface area contributed by atoms with Crippen LogP contribution < -0.4 is 0 Å². The third-order valence-corrected chi connectivity index (χ3v) is 2.00. The average molecular weight is 304 g/mol. The second-order valence-electron chi connectivity index (χ2n) is 3.72. The van der Waals surface area contributed by atoms with Crippen molar-refractivity contribution in [3.05, 3.63) is 41.5 Å². The Morgan fingerprint density at radius 2 is 1.76 bits per heavy atom. The maximum Gasteiger partial charge on any atom is 0.416 e. The number of hydrogen-bond donors (Lipinski definition) is 1. The van der Waals surface area contributed by atoms with Crippen LogP contribution in [0.15, 0.2) is 30.3 Å². The van der Waals surface area contributed by atoms with Gasteiger partial charge in [0.15, 0.2) is 0 Å². The number of benzene rings is 1. The highest BCUT2D eigenvalue weighted by Crippen LogP contribution is 2.29. The van der Waals surface area contributed by atoms with E-state index in [0.717, 1.165) is 18.2 Å². The van der Waals surface area contributed by atoms with Gasteiger partial charge in [0.05, 0.1) is 12.2 Å². The van der Waals surface area contributed by atoms with Crippen molar-refractivity contribution in [2.45, 2.75) is 20.0 Å². The molecule has 1 aromatic carbocycles. The van der Waals surface area contributed by atoms with Gasteiger partial charge in [-0.2, -0.15) is 13.2 Å². The molecule has 1 rings (SSSR count). The van der Waals surface area contributed by atoms with Crippen molar-refractivity contribution in [2.24, 2.45) is 0 Å². The number of halogens is 3. The van der Waals surface area contributed by atoms with Crippen LogP contribution in [0.3, 0.4) is 0 Å². The number of esters is 1. The number of ether oxygens (including phenoxy) is 1. The normalized spacial score (nSPS) is 10.7. The van der Waals surface area contributed by atoms with Gasteiger partial charge in [-0.05, 0) is 30.7 Å². The molecule has 0 bridgehead atoms. The molecule has 7 heteroatoms. The van der Waals surface area contributed by atoms with Gasteiger partial charge in [-0.25, -0.2) is 4.79 Å². The molecule has 1 aromatic rings. The van der Waals surface area contributed by atoms with Crippen LogP contribution in [-0.4, -0.2) is 23.7 Å². The fourth-order valence-corrected chi connectivity index (χ4v) is 1.15. The summed E-state index contributed by atoms with van der Waals surface area (Å²) in [4.78, 5) is 20.0. The Morgan fingerprint density at radius 3 is 2.05 bits per heavy atom. The number of carbonyl (C=O) groups is 2. The Kier molecular flexibility index (Phi) is 7.81. The summed E-state index contributed by atoms with van der Waals surface area (Å²) in [5, 5.41) is 8.29. The lowest BCUT2D eigenvalue weighted by Crippen LogP contribution is -2.03. The molecule has 0 aliphatic heterocycles. The van der Waals surface area contributed by atoms with E-state index in [1.54, 1.807) is 6.92 Å². The summed E-state index contributed by atoms with van der Waals surface area (Å²) in [5.41, 5.74) is -0.347. The van der Waals surface area contributed by atoms with Gasteiger partial charge in [-0.3, -0.25) is 4.79 Å². The molecule has 0 aliphatic rings. The number of alkyl halides is 3. The lowest BCUT2D eigenvalue weighted by molar-refractivity contribution is -0.140. The summed E-state index contributed by atoms with van der Waals surface area (Å²) in [6.07, 6.45) is -2.28. The van der Waals surface area contributed by atoms with Gasteiger partial charge in [0.2, 0.25) is 0 Å². The zero-order valence-electron chi connectivity index (χ0n) is 11.5. The van der Waals surface area contributed by atoms with Crippen LogP contribution in [-0.2, 0) is 20.5 Å². The van der Waals surface area contributed by atoms with E-state index in [9.17, 15) is 22.8 Å². The predicted molar refractivity (Wildman–Crippen MR) is 70.4 cm³/mol. The molecule has 0 amide bonds. The van der Waals surface area contributed by atoms with E-state index in [1.807, 2.05) is 0 Å². The third-order valence-electron chi connectivity index (χ3n) is 2.00. The highest BCUT2D eigenvalue weighted by Gasteiger charge is 2.29. The molecule has 0 aromatic heterocycles. The first-order valence-electron chi connectivity index (χ1n) is 5.88. The molecule has 0 heterocycles. The van der Waals surface area contributed by atoms with Crippen molar-refractivity contribution in [3.8, 4) is 0 Å². The second kappa shape index (κ2) is 8.78. The molecule has 21 heavy (non-hydrogen) atoms. The minimum absolute atomic E-state index is 0.211. The largest absolute Gasteiger partial charge is 0.478 e. The average Bonchev–Trinajstić information content (AvgIpc) is 2.36. The van der Waals surface area contributed by atoms with Gasteiger partial charge in [0.25, 0.3) is 0 Å². The summed E-state index contributed by atoms with van der Waals surface area (Å²) in [5.74, 6) is -1.35. The van der Waals surface area contributed by atoms with Gasteiger partial charge < -0.3 is 9.84 Å². The molecule has 0 fully saturated rings. The maximum absolute atomic E-state index is 12.1. The summed E-state index contributed by atoms with van der Waals surface area (Å²) < 4.78 is 40.8. The maximum atomic E-state index is 12.1. The first kappa shape index (κ1) is 18.7. The first-order chi connectivity index (χ1) is 9.66. The van der Waals surface area contributed by atoms with Crippen molar-refractivity contribution in [1.29, 1.82) is 0 Å². The van der Waals surface area contributed by atoms with E-state index in [-0.39, 0.29) is 5.97 Å². The van der Waals surface area contributed by atoms with E-state index in [2.05, 4.69) is 4.74 Å². The molecule has 0 atom stereocenters. The Balaban J connectivity index is 0.000000567. The third kappa shape index (κ3) is 9.26. The quantitative estimate of drug-likeness (QED) is 0.687. The fraction of sp³-hybridized carbons (Fsp3) is 0.286. The Hall–Kier alpha value is -2.31. The summed E-state index contributed by atoms with van der Waals surface area (Å²) in [6, 6.07) is 4.23. The molecule has 0 unspecified atom stereocenters. The van der Waals surface area contributed by atoms with Gasteiger partial charge in [-0.15, -0.1) is 0 Å². The molecule has 116 valence electrons. The van der Waals surface area contributed by atoms with Crippen LogP contribution in [0.1, 0.15) is 25.0 Å². The van der Waals surface area contributed by atoms with Crippen molar-refractivity contribution >= 4 is 18.0 Å². The molecule has 0 saturated heterocycles. The predicted octanol–water partition coefficient (Wildman–Crippen LogP) is 3.37. The number of rotatable bonds is 3. The SMILES string of the molecule is CCOC(C)=O.O=C(O)C=Cc1ccc(C(F)(F)F)cc1. The molecule has 4 nitrogen and oxygen atoms in total. The monoisotopic (exact) mass is 304 g/mol. The van der Waals surface area contributed by atoms with E-state index < -0.39 is 17.7 Å². The minimum Gasteiger partial charge on any atom is -0.478 e. The number of carboxylic acid groups (broad SMARTS) is 1.